The van der Waals surface area contributed by atoms with Gasteiger partial charge in [-0.1, -0.05) is 23.4 Å². The number of hydrogen-bond acceptors (Lipinski definition) is 4. The first-order valence-electron chi connectivity index (χ1n) is 5.57. The molecule has 2 aromatic rings. The van der Waals surface area contributed by atoms with Crippen molar-refractivity contribution in [2.24, 2.45) is 0 Å². The zero-order valence-electron chi connectivity index (χ0n) is 10.1. The van der Waals surface area contributed by atoms with Crippen LogP contribution in [0.15, 0.2) is 34.9 Å². The van der Waals surface area contributed by atoms with Crippen LogP contribution in [0.25, 0.3) is 0 Å². The molecule has 0 saturated carbocycles. The lowest BCUT2D eigenvalue weighted by Crippen LogP contribution is -2.09. The number of ether oxygens (including phenoxy) is 1. The second-order valence-electron chi connectivity index (χ2n) is 3.80. The predicted molar refractivity (Wildman–Crippen MR) is 64.8 cm³/mol. The number of hydrogen-bond donors (Lipinski definition) is 1. The monoisotopic (exact) mass is 232 g/mol. The summed E-state index contributed by atoms with van der Waals surface area (Å²) in [5.74, 6) is 1.66. The molecule has 0 aliphatic heterocycles. The van der Waals surface area contributed by atoms with Crippen LogP contribution in [-0.2, 0) is 13.2 Å². The normalized spacial score (nSPS) is 10.5. The molecule has 0 spiro atoms. The van der Waals surface area contributed by atoms with E-state index in [1.165, 1.54) is 0 Å². The molecule has 17 heavy (non-hydrogen) atoms. The quantitative estimate of drug-likeness (QED) is 0.859. The summed E-state index contributed by atoms with van der Waals surface area (Å²) in [6.45, 7) is 3.07. The number of rotatable bonds is 5. The number of aromatic nitrogens is 1. The molecule has 4 nitrogen and oxygen atoms in total. The van der Waals surface area contributed by atoms with Gasteiger partial charge in [0.1, 0.15) is 23.8 Å². The fourth-order valence-corrected chi connectivity index (χ4v) is 1.60. The van der Waals surface area contributed by atoms with Gasteiger partial charge in [0.2, 0.25) is 0 Å². The molecule has 90 valence electrons. The molecule has 0 aliphatic rings. The topological polar surface area (TPSA) is 47.3 Å². The van der Waals surface area contributed by atoms with Gasteiger partial charge >= 0.3 is 0 Å². The summed E-state index contributed by atoms with van der Waals surface area (Å²) in [5, 5.41) is 7.06. The van der Waals surface area contributed by atoms with E-state index in [9.17, 15) is 0 Å². The minimum absolute atomic E-state index is 0.482. The van der Waals surface area contributed by atoms with Gasteiger partial charge in [-0.05, 0) is 26.1 Å². The van der Waals surface area contributed by atoms with Crippen molar-refractivity contribution in [3.8, 4) is 5.75 Å². The van der Waals surface area contributed by atoms with Crippen LogP contribution in [0, 0.1) is 6.92 Å². The zero-order valence-corrected chi connectivity index (χ0v) is 10.1. The molecule has 1 aromatic carbocycles. The first-order valence-corrected chi connectivity index (χ1v) is 5.57. The van der Waals surface area contributed by atoms with Gasteiger partial charge in [0.25, 0.3) is 0 Å². The Balaban J connectivity index is 2.06. The Morgan fingerprint density at radius 2 is 2.06 bits per heavy atom. The molecule has 0 saturated heterocycles. The molecule has 0 unspecified atom stereocenters. The SMILES string of the molecule is CNCc1noc(C)c1COc1ccccc1. The Labute approximate surface area is 101 Å². The van der Waals surface area contributed by atoms with Gasteiger partial charge in [0, 0.05) is 6.54 Å². The van der Waals surface area contributed by atoms with Crippen molar-refractivity contribution in [2.75, 3.05) is 7.05 Å². The van der Waals surface area contributed by atoms with Crippen LogP contribution in [0.1, 0.15) is 17.0 Å². The van der Waals surface area contributed by atoms with Gasteiger partial charge < -0.3 is 14.6 Å². The van der Waals surface area contributed by atoms with Crippen molar-refractivity contribution in [2.45, 2.75) is 20.1 Å². The van der Waals surface area contributed by atoms with Crippen molar-refractivity contribution in [3.05, 3.63) is 47.3 Å². The van der Waals surface area contributed by atoms with Gasteiger partial charge in [-0.3, -0.25) is 0 Å². The minimum Gasteiger partial charge on any atom is -0.489 e. The number of nitrogens with zero attached hydrogens (tertiary/aromatic N) is 1. The average molecular weight is 232 g/mol. The van der Waals surface area contributed by atoms with Gasteiger partial charge in [0.15, 0.2) is 0 Å². The highest BCUT2D eigenvalue weighted by Gasteiger charge is 2.12. The van der Waals surface area contributed by atoms with Crippen LogP contribution < -0.4 is 10.1 Å². The maximum absolute atomic E-state index is 5.69. The summed E-state index contributed by atoms with van der Waals surface area (Å²) in [7, 11) is 1.88. The predicted octanol–water partition coefficient (Wildman–Crippen LogP) is 2.28. The van der Waals surface area contributed by atoms with E-state index in [2.05, 4.69) is 10.5 Å². The summed E-state index contributed by atoms with van der Waals surface area (Å²) in [4.78, 5) is 0. The van der Waals surface area contributed by atoms with E-state index in [0.29, 0.717) is 13.2 Å². The highest BCUT2D eigenvalue weighted by atomic mass is 16.5. The number of nitrogens with one attached hydrogen (secondary N) is 1. The molecule has 1 aromatic heterocycles. The lowest BCUT2D eigenvalue weighted by Gasteiger charge is -2.06. The summed E-state index contributed by atoms with van der Waals surface area (Å²) in [5.41, 5.74) is 1.92. The lowest BCUT2D eigenvalue weighted by atomic mass is 10.2. The summed E-state index contributed by atoms with van der Waals surface area (Å²) in [6, 6.07) is 9.72. The zero-order chi connectivity index (χ0) is 12.1. The molecule has 0 bridgehead atoms. The number of aryl methyl sites for hydroxylation is 1. The molecule has 0 aliphatic carbocycles. The molecule has 0 atom stereocenters. The van der Waals surface area contributed by atoms with Crippen LogP contribution in [-0.4, -0.2) is 12.2 Å². The molecular formula is C13H16N2O2. The Morgan fingerprint density at radius 3 is 2.76 bits per heavy atom. The number of para-hydroxylation sites is 1. The Kier molecular flexibility index (Phi) is 3.77. The number of benzene rings is 1. The molecule has 2 rings (SSSR count). The van der Waals surface area contributed by atoms with E-state index in [0.717, 1.165) is 22.8 Å². The van der Waals surface area contributed by atoms with Crippen molar-refractivity contribution in [1.29, 1.82) is 0 Å². The van der Waals surface area contributed by atoms with Crippen LogP contribution in [0.2, 0.25) is 0 Å². The first-order chi connectivity index (χ1) is 8.31. The third-order valence-electron chi connectivity index (χ3n) is 2.54. The van der Waals surface area contributed by atoms with E-state index in [-0.39, 0.29) is 0 Å². The summed E-state index contributed by atoms with van der Waals surface area (Å²) in [6.07, 6.45) is 0. The van der Waals surface area contributed by atoms with E-state index in [1.54, 1.807) is 0 Å². The Bertz CT molecular complexity index is 466. The minimum atomic E-state index is 0.482. The van der Waals surface area contributed by atoms with Crippen LogP contribution >= 0.6 is 0 Å². The highest BCUT2D eigenvalue weighted by molar-refractivity contribution is 5.24. The van der Waals surface area contributed by atoms with Crippen LogP contribution in [0.4, 0.5) is 0 Å². The maximum Gasteiger partial charge on any atom is 0.140 e. The molecule has 0 amide bonds. The third-order valence-corrected chi connectivity index (χ3v) is 2.54. The van der Waals surface area contributed by atoms with Crippen molar-refractivity contribution < 1.29 is 9.26 Å². The van der Waals surface area contributed by atoms with Gasteiger partial charge in [-0.15, -0.1) is 0 Å². The molecule has 1 heterocycles. The second-order valence-corrected chi connectivity index (χ2v) is 3.80. The average Bonchev–Trinajstić information content (AvgIpc) is 2.70. The van der Waals surface area contributed by atoms with E-state index >= 15 is 0 Å². The van der Waals surface area contributed by atoms with Crippen molar-refractivity contribution in [3.63, 3.8) is 0 Å². The van der Waals surface area contributed by atoms with Crippen LogP contribution in [0.3, 0.4) is 0 Å². The molecular weight excluding hydrogens is 216 g/mol. The van der Waals surface area contributed by atoms with Crippen molar-refractivity contribution in [1.82, 2.24) is 10.5 Å². The summed E-state index contributed by atoms with van der Waals surface area (Å²) >= 11 is 0. The second kappa shape index (κ2) is 5.50. The molecule has 0 radical (unpaired) electrons. The molecule has 4 heteroatoms. The first kappa shape index (κ1) is 11.7. The standard InChI is InChI=1S/C13H16N2O2/c1-10-12(13(8-14-2)15-17-10)9-16-11-6-4-3-5-7-11/h3-7,14H,8-9H2,1-2H3. The van der Waals surface area contributed by atoms with E-state index in [4.69, 9.17) is 9.26 Å². The third kappa shape index (κ3) is 2.85. The van der Waals surface area contributed by atoms with E-state index < -0.39 is 0 Å². The molecule has 0 fully saturated rings. The maximum atomic E-state index is 5.69. The lowest BCUT2D eigenvalue weighted by molar-refractivity contribution is 0.301. The van der Waals surface area contributed by atoms with Crippen molar-refractivity contribution >= 4 is 0 Å². The van der Waals surface area contributed by atoms with E-state index in [1.807, 2.05) is 44.3 Å². The largest absolute Gasteiger partial charge is 0.489 e. The van der Waals surface area contributed by atoms with Gasteiger partial charge in [-0.2, -0.15) is 0 Å². The molecule has 1 N–H and O–H groups in total. The smallest absolute Gasteiger partial charge is 0.140 e. The van der Waals surface area contributed by atoms with Gasteiger partial charge in [-0.25, -0.2) is 0 Å². The Morgan fingerprint density at radius 1 is 1.29 bits per heavy atom. The summed E-state index contributed by atoms with van der Waals surface area (Å²) < 4.78 is 10.9. The van der Waals surface area contributed by atoms with Crippen LogP contribution in [0.5, 0.6) is 5.75 Å². The highest BCUT2D eigenvalue weighted by Crippen LogP contribution is 2.17. The fraction of sp³-hybridized carbons (Fsp3) is 0.308. The van der Waals surface area contributed by atoms with Gasteiger partial charge in [0.05, 0.1) is 5.56 Å². The fourth-order valence-electron chi connectivity index (χ4n) is 1.60. The Hall–Kier alpha value is -1.81.